The zero-order valence-electron chi connectivity index (χ0n) is 29.7. The number of carboxylic acid groups (broad SMARTS) is 1. The molecule has 2 N–H and O–H groups in total. The average Bonchev–Trinajstić information content (AvgIpc) is 3.25. The number of carbonyl (C=O) groups is 4. The van der Waals surface area contributed by atoms with Crippen LogP contribution in [0, 0.1) is 45.3 Å². The highest BCUT2D eigenvalue weighted by Gasteiger charge is 2.66. The maximum atomic E-state index is 14.5. The van der Waals surface area contributed by atoms with Crippen LogP contribution in [0.25, 0.3) is 0 Å². The SMILES string of the molecule is C=C(CCC(C)C1CCC2(C)C3=C(CC(=O)C12C)C1(C)CCC(OC(=O)CC(C)(O)CC(=O)OC)C(C)(C)C1CC3)C(C)C(=O)O. The summed E-state index contributed by atoms with van der Waals surface area (Å²) in [5, 5.41) is 20.0. The summed E-state index contributed by atoms with van der Waals surface area (Å²) in [6.45, 7) is 20.6. The van der Waals surface area contributed by atoms with Crippen LogP contribution < -0.4 is 0 Å². The van der Waals surface area contributed by atoms with Crippen LogP contribution >= 0.6 is 0 Å². The number of carboxylic acids is 1. The van der Waals surface area contributed by atoms with Gasteiger partial charge in [-0.3, -0.25) is 19.2 Å². The fraction of sp³-hybridized carbons (Fsp3) is 0.789. The molecule has 9 unspecified atom stereocenters. The number of hydrogen-bond donors (Lipinski definition) is 2. The van der Waals surface area contributed by atoms with Gasteiger partial charge in [0.15, 0.2) is 0 Å². The standard InChI is InChI=1S/C38H58O8/c1-22(24(3)33(42)43)11-12-23(2)25-15-18-37(8)26-13-14-28-34(4,5)30(46-32(41)21-35(6,44)20-31(40)45-10)16-17-36(28,7)27(26)19-29(39)38(25,37)9/h23-25,28,30,44H,1,11-21H2,2-10H3,(H,42,43). The molecular weight excluding hydrogens is 584 g/mol. The van der Waals surface area contributed by atoms with Gasteiger partial charge in [0.05, 0.1) is 31.5 Å². The summed E-state index contributed by atoms with van der Waals surface area (Å²) in [5.41, 5.74) is 0.807. The van der Waals surface area contributed by atoms with Crippen LogP contribution in [-0.2, 0) is 28.7 Å². The first-order valence-electron chi connectivity index (χ1n) is 17.3. The maximum absolute atomic E-state index is 14.5. The first-order valence-corrected chi connectivity index (χ1v) is 17.3. The van der Waals surface area contributed by atoms with Gasteiger partial charge in [-0.15, -0.1) is 0 Å². The highest BCUT2D eigenvalue weighted by molar-refractivity contribution is 5.91. The van der Waals surface area contributed by atoms with Gasteiger partial charge in [0.2, 0.25) is 0 Å². The molecule has 0 aromatic heterocycles. The lowest BCUT2D eigenvalue weighted by molar-refractivity contribution is -0.174. The number of rotatable bonds is 11. The van der Waals surface area contributed by atoms with Crippen molar-refractivity contribution >= 4 is 23.7 Å². The fourth-order valence-electron chi connectivity index (χ4n) is 10.5. The van der Waals surface area contributed by atoms with E-state index in [0.29, 0.717) is 25.0 Å². The van der Waals surface area contributed by atoms with Gasteiger partial charge in [-0.05, 0) is 88.4 Å². The molecule has 0 aromatic rings. The average molecular weight is 643 g/mol. The first-order chi connectivity index (χ1) is 21.2. The number of ketones is 1. The number of hydrogen-bond acceptors (Lipinski definition) is 7. The Morgan fingerprint density at radius 3 is 2.24 bits per heavy atom. The smallest absolute Gasteiger partial charge is 0.310 e. The number of fused-ring (bicyclic) bond motifs is 4. The minimum atomic E-state index is -1.55. The van der Waals surface area contributed by atoms with E-state index in [2.05, 4.69) is 52.9 Å². The van der Waals surface area contributed by atoms with Crippen molar-refractivity contribution < 1.29 is 38.9 Å². The third-order valence-corrected chi connectivity index (χ3v) is 13.7. The summed E-state index contributed by atoms with van der Waals surface area (Å²) in [6, 6.07) is 0. The van der Waals surface area contributed by atoms with Gasteiger partial charge >= 0.3 is 17.9 Å². The second-order valence-corrected chi connectivity index (χ2v) is 16.7. The van der Waals surface area contributed by atoms with Gasteiger partial charge in [0.25, 0.3) is 0 Å². The van der Waals surface area contributed by atoms with Gasteiger partial charge in [-0.1, -0.05) is 64.8 Å². The Kier molecular flexibility index (Phi) is 9.89. The van der Waals surface area contributed by atoms with Crippen LogP contribution in [0.3, 0.4) is 0 Å². The largest absolute Gasteiger partial charge is 0.481 e. The van der Waals surface area contributed by atoms with E-state index in [0.717, 1.165) is 44.1 Å². The molecule has 4 rings (SSSR count). The summed E-state index contributed by atoms with van der Waals surface area (Å²) in [7, 11) is 1.25. The van der Waals surface area contributed by atoms with E-state index in [4.69, 9.17) is 4.74 Å². The first kappa shape index (κ1) is 36.4. The van der Waals surface area contributed by atoms with Crippen LogP contribution in [-0.4, -0.2) is 52.7 Å². The van der Waals surface area contributed by atoms with Crippen LogP contribution in [0.15, 0.2) is 23.3 Å². The third-order valence-electron chi connectivity index (χ3n) is 13.7. The highest BCUT2D eigenvalue weighted by Crippen LogP contribution is 2.71. The third kappa shape index (κ3) is 6.01. The summed E-state index contributed by atoms with van der Waals surface area (Å²) >= 11 is 0. The Labute approximate surface area is 275 Å². The van der Waals surface area contributed by atoms with Crippen molar-refractivity contribution in [3.8, 4) is 0 Å². The Balaban J connectivity index is 1.54. The fourth-order valence-corrected chi connectivity index (χ4v) is 10.5. The van der Waals surface area contributed by atoms with Crippen molar-refractivity contribution in [1.29, 1.82) is 0 Å². The summed E-state index contributed by atoms with van der Waals surface area (Å²) < 4.78 is 10.7. The Morgan fingerprint density at radius 2 is 1.63 bits per heavy atom. The van der Waals surface area contributed by atoms with E-state index in [9.17, 15) is 29.4 Å². The maximum Gasteiger partial charge on any atom is 0.310 e. The molecule has 0 aliphatic heterocycles. The van der Waals surface area contributed by atoms with Crippen molar-refractivity contribution in [2.24, 2.45) is 45.3 Å². The van der Waals surface area contributed by atoms with Crippen LogP contribution in [0.5, 0.6) is 0 Å². The number of methoxy groups -OCH3 is 1. The van der Waals surface area contributed by atoms with Gasteiger partial charge < -0.3 is 19.7 Å². The number of aliphatic carboxylic acids is 1. The number of allylic oxidation sites excluding steroid dienone is 2. The van der Waals surface area contributed by atoms with Crippen molar-refractivity contribution in [3.63, 3.8) is 0 Å². The zero-order valence-corrected chi connectivity index (χ0v) is 29.7. The molecule has 2 fully saturated rings. The van der Waals surface area contributed by atoms with Crippen LogP contribution in [0.2, 0.25) is 0 Å². The van der Waals surface area contributed by atoms with Crippen LogP contribution in [0.4, 0.5) is 0 Å². The summed E-state index contributed by atoms with van der Waals surface area (Å²) in [4.78, 5) is 50.7. The molecule has 0 spiro atoms. The molecule has 0 amide bonds. The van der Waals surface area contributed by atoms with Gasteiger partial charge in [-0.2, -0.15) is 0 Å². The normalized spacial score (nSPS) is 36.0. The second kappa shape index (κ2) is 12.5. The molecule has 0 saturated heterocycles. The van der Waals surface area contributed by atoms with E-state index in [-0.39, 0.29) is 52.9 Å². The number of Topliss-reactive ketones (excluding diaryl/α,β-unsaturated/α-hetero) is 1. The number of aliphatic hydroxyl groups is 1. The van der Waals surface area contributed by atoms with E-state index in [1.54, 1.807) is 6.92 Å². The van der Waals surface area contributed by atoms with Crippen molar-refractivity contribution in [2.45, 2.75) is 138 Å². The van der Waals surface area contributed by atoms with Gasteiger partial charge in [0, 0.05) is 22.7 Å². The highest BCUT2D eigenvalue weighted by atomic mass is 16.5. The lowest BCUT2D eigenvalue weighted by Crippen LogP contribution is -2.57. The molecule has 0 heterocycles. The molecule has 0 bridgehead atoms. The predicted octanol–water partition coefficient (Wildman–Crippen LogP) is 7.22. The van der Waals surface area contributed by atoms with E-state index in [1.807, 2.05) is 0 Å². The molecule has 9 atom stereocenters. The van der Waals surface area contributed by atoms with Crippen molar-refractivity contribution in [2.75, 3.05) is 7.11 Å². The van der Waals surface area contributed by atoms with Crippen molar-refractivity contribution in [1.82, 2.24) is 0 Å². The van der Waals surface area contributed by atoms with Gasteiger partial charge in [-0.25, -0.2) is 0 Å². The molecule has 0 radical (unpaired) electrons. The minimum absolute atomic E-state index is 0.176. The molecule has 2 saturated carbocycles. The van der Waals surface area contributed by atoms with Crippen molar-refractivity contribution in [3.05, 3.63) is 23.3 Å². The molecule has 46 heavy (non-hydrogen) atoms. The Hall–Kier alpha value is -2.48. The monoisotopic (exact) mass is 642 g/mol. The molecule has 0 aromatic carbocycles. The molecular formula is C38H58O8. The lowest BCUT2D eigenvalue weighted by atomic mass is 9.43. The quantitative estimate of drug-likeness (QED) is 0.179. The molecule has 8 nitrogen and oxygen atoms in total. The van der Waals surface area contributed by atoms with E-state index in [1.165, 1.54) is 25.2 Å². The van der Waals surface area contributed by atoms with Crippen LogP contribution in [0.1, 0.15) is 126 Å². The summed E-state index contributed by atoms with van der Waals surface area (Å²) in [5.74, 6) is -1.44. The zero-order chi connectivity index (χ0) is 34.6. The van der Waals surface area contributed by atoms with Gasteiger partial charge in [0.1, 0.15) is 11.9 Å². The topological polar surface area (TPSA) is 127 Å². The Bertz CT molecular complexity index is 1310. The number of esters is 2. The predicted molar refractivity (Wildman–Crippen MR) is 176 cm³/mol. The lowest BCUT2D eigenvalue weighted by Gasteiger charge is -2.61. The molecule has 8 heteroatoms. The number of ether oxygens (including phenoxy) is 2. The Morgan fingerprint density at radius 1 is 1.00 bits per heavy atom. The minimum Gasteiger partial charge on any atom is -0.481 e. The second-order valence-electron chi connectivity index (χ2n) is 16.7. The number of carbonyl (C=O) groups excluding carboxylic acids is 3. The van der Waals surface area contributed by atoms with E-state index < -0.39 is 34.8 Å². The molecule has 4 aliphatic carbocycles. The van der Waals surface area contributed by atoms with E-state index >= 15 is 0 Å². The summed E-state index contributed by atoms with van der Waals surface area (Å²) in [6.07, 6.45) is 6.40. The molecule has 4 aliphatic rings. The molecule has 258 valence electrons.